The smallest absolute Gasteiger partial charge is 0.230 e. The summed E-state index contributed by atoms with van der Waals surface area (Å²) in [5, 5.41) is 3.88. The number of carbonyl (C=O) groups is 1. The first kappa shape index (κ1) is 25.2. The number of ether oxygens (including phenoxy) is 2. The molecule has 0 spiro atoms. The fourth-order valence-electron chi connectivity index (χ4n) is 5.39. The van der Waals surface area contributed by atoms with Crippen LogP contribution in [0.3, 0.4) is 0 Å². The van der Waals surface area contributed by atoms with E-state index in [1.54, 1.807) is 6.20 Å². The number of amides is 1. The standard InChI is InChI=1S/C31H33N5O3/c1-19-16-36(17-20(2)39-19)29-7-5-6-25(35-29)26-11-8-21-15-32-23(12-27(21)34-26)14-30(37)33-22-9-10-24-28(13-22)38-18-31(24,3)4/h5-13,15,19-20H,14,16-18H2,1-4H3,(H,33,37)/t19-,20+. The van der Waals surface area contributed by atoms with Gasteiger partial charge in [0.05, 0.1) is 47.8 Å². The van der Waals surface area contributed by atoms with E-state index in [1.165, 1.54) is 0 Å². The van der Waals surface area contributed by atoms with Gasteiger partial charge >= 0.3 is 0 Å². The Kier molecular flexibility index (Phi) is 6.43. The number of hydrogen-bond acceptors (Lipinski definition) is 7. The van der Waals surface area contributed by atoms with Gasteiger partial charge in [-0.15, -0.1) is 0 Å². The van der Waals surface area contributed by atoms with Gasteiger partial charge in [-0.25, -0.2) is 9.97 Å². The Bertz CT molecular complexity index is 1540. The summed E-state index contributed by atoms with van der Waals surface area (Å²) in [7, 11) is 0. The summed E-state index contributed by atoms with van der Waals surface area (Å²) in [6, 6.07) is 17.7. The maximum absolute atomic E-state index is 12.8. The Balaban J connectivity index is 1.19. The third kappa shape index (κ3) is 5.29. The summed E-state index contributed by atoms with van der Waals surface area (Å²) in [5.41, 5.74) is 4.87. The van der Waals surface area contributed by atoms with Crippen molar-refractivity contribution < 1.29 is 14.3 Å². The van der Waals surface area contributed by atoms with Crippen molar-refractivity contribution in [1.82, 2.24) is 15.0 Å². The molecular formula is C31H33N5O3. The number of morpholine rings is 1. The number of nitrogens with one attached hydrogen (secondary N) is 1. The zero-order valence-electron chi connectivity index (χ0n) is 22.8. The van der Waals surface area contributed by atoms with Crippen LogP contribution in [0.15, 0.2) is 60.8 Å². The van der Waals surface area contributed by atoms with Crippen molar-refractivity contribution in [1.29, 1.82) is 0 Å². The lowest BCUT2D eigenvalue weighted by molar-refractivity contribution is -0.115. The molecule has 0 radical (unpaired) electrons. The first-order chi connectivity index (χ1) is 18.7. The molecule has 0 unspecified atom stereocenters. The molecule has 8 heteroatoms. The van der Waals surface area contributed by atoms with Crippen LogP contribution < -0.4 is 15.0 Å². The molecule has 5 heterocycles. The summed E-state index contributed by atoms with van der Waals surface area (Å²) >= 11 is 0. The molecule has 1 N–H and O–H groups in total. The number of rotatable bonds is 5. The molecule has 200 valence electrons. The third-order valence-electron chi connectivity index (χ3n) is 7.30. The SMILES string of the molecule is C[C@@H]1CN(c2cccc(-c3ccc4cnc(CC(=O)Nc5ccc6c(c5)OCC6(C)C)cc4n3)n2)C[C@H](C)O1. The minimum Gasteiger partial charge on any atom is -0.492 e. The number of nitrogens with zero attached hydrogens (tertiary/aromatic N) is 4. The number of carbonyl (C=O) groups excluding carboxylic acids is 1. The first-order valence-electron chi connectivity index (χ1n) is 13.4. The van der Waals surface area contributed by atoms with Gasteiger partial charge in [0.2, 0.25) is 5.91 Å². The van der Waals surface area contributed by atoms with Crippen LogP contribution in [-0.2, 0) is 21.4 Å². The lowest BCUT2D eigenvalue weighted by Crippen LogP contribution is -2.45. The second-order valence-corrected chi connectivity index (χ2v) is 11.2. The average Bonchev–Trinajstić information content (AvgIpc) is 3.21. The number of benzene rings is 1. The molecule has 1 amide bonds. The first-order valence-corrected chi connectivity index (χ1v) is 13.4. The minimum atomic E-state index is -0.140. The van der Waals surface area contributed by atoms with E-state index in [4.69, 9.17) is 19.4 Å². The van der Waals surface area contributed by atoms with Gasteiger partial charge in [0, 0.05) is 47.4 Å². The van der Waals surface area contributed by atoms with Crippen molar-refractivity contribution in [3.05, 3.63) is 72.1 Å². The fraction of sp³-hybridized carbons (Fsp3) is 0.355. The van der Waals surface area contributed by atoms with Gasteiger partial charge < -0.3 is 19.7 Å². The quantitative estimate of drug-likeness (QED) is 0.387. The van der Waals surface area contributed by atoms with Crippen LogP contribution in [0.5, 0.6) is 5.75 Å². The zero-order valence-corrected chi connectivity index (χ0v) is 22.8. The number of pyridine rings is 3. The van der Waals surface area contributed by atoms with E-state index in [1.807, 2.05) is 54.6 Å². The highest BCUT2D eigenvalue weighted by Gasteiger charge is 2.31. The average molecular weight is 524 g/mol. The lowest BCUT2D eigenvalue weighted by atomic mass is 9.87. The molecule has 4 aromatic rings. The highest BCUT2D eigenvalue weighted by molar-refractivity contribution is 5.93. The fourth-order valence-corrected chi connectivity index (χ4v) is 5.39. The molecule has 0 bridgehead atoms. The second kappa shape index (κ2) is 9.93. The molecule has 1 fully saturated rings. The highest BCUT2D eigenvalue weighted by atomic mass is 16.5. The predicted octanol–water partition coefficient (Wildman–Crippen LogP) is 5.16. The maximum atomic E-state index is 12.8. The van der Waals surface area contributed by atoms with Crippen molar-refractivity contribution >= 4 is 28.3 Å². The van der Waals surface area contributed by atoms with Crippen LogP contribution in [-0.4, -0.2) is 52.8 Å². The number of anilines is 2. The van der Waals surface area contributed by atoms with Crippen molar-refractivity contribution in [2.24, 2.45) is 0 Å². The van der Waals surface area contributed by atoms with Crippen molar-refractivity contribution in [3.63, 3.8) is 0 Å². The summed E-state index contributed by atoms with van der Waals surface area (Å²) in [5.74, 6) is 1.61. The van der Waals surface area contributed by atoms with Crippen molar-refractivity contribution in [3.8, 4) is 17.1 Å². The van der Waals surface area contributed by atoms with Crippen molar-refractivity contribution in [2.45, 2.75) is 51.7 Å². The minimum absolute atomic E-state index is 0.0186. The normalized spacial score (nSPS) is 19.9. The lowest BCUT2D eigenvalue weighted by Gasteiger charge is -2.36. The van der Waals surface area contributed by atoms with Gasteiger partial charge in [-0.3, -0.25) is 9.78 Å². The highest BCUT2D eigenvalue weighted by Crippen LogP contribution is 2.39. The van der Waals surface area contributed by atoms with E-state index in [9.17, 15) is 4.79 Å². The summed E-state index contributed by atoms with van der Waals surface area (Å²) in [6.45, 7) is 10.7. The van der Waals surface area contributed by atoms with E-state index in [-0.39, 0.29) is 30.0 Å². The van der Waals surface area contributed by atoms with Crippen LogP contribution in [0, 0.1) is 0 Å². The topological polar surface area (TPSA) is 89.5 Å². The van der Waals surface area contributed by atoms with Crippen LogP contribution in [0.25, 0.3) is 22.3 Å². The van der Waals surface area contributed by atoms with Gasteiger partial charge in [-0.2, -0.15) is 0 Å². The Hall–Kier alpha value is -4.04. The Morgan fingerprint density at radius 2 is 1.82 bits per heavy atom. The molecule has 1 aromatic carbocycles. The number of fused-ring (bicyclic) bond motifs is 2. The van der Waals surface area contributed by atoms with Crippen molar-refractivity contribution in [2.75, 3.05) is 29.9 Å². The van der Waals surface area contributed by atoms with Crippen LogP contribution in [0.4, 0.5) is 11.5 Å². The van der Waals surface area contributed by atoms with E-state index >= 15 is 0 Å². The van der Waals surface area contributed by atoms with E-state index < -0.39 is 0 Å². The molecule has 3 aromatic heterocycles. The predicted molar refractivity (Wildman–Crippen MR) is 152 cm³/mol. The molecule has 2 aliphatic heterocycles. The van der Waals surface area contributed by atoms with Gasteiger partial charge in [0.25, 0.3) is 0 Å². The summed E-state index contributed by atoms with van der Waals surface area (Å²) in [4.78, 5) is 29.4. The van der Waals surface area contributed by atoms with Gasteiger partial charge in [-0.1, -0.05) is 26.0 Å². The van der Waals surface area contributed by atoms with Gasteiger partial charge in [0.15, 0.2) is 0 Å². The van der Waals surface area contributed by atoms with Crippen LogP contribution in [0.1, 0.15) is 39.0 Å². The second-order valence-electron chi connectivity index (χ2n) is 11.2. The largest absolute Gasteiger partial charge is 0.492 e. The zero-order chi connectivity index (χ0) is 27.1. The van der Waals surface area contributed by atoms with E-state index in [0.717, 1.165) is 52.5 Å². The van der Waals surface area contributed by atoms with Gasteiger partial charge in [0.1, 0.15) is 11.6 Å². The molecule has 6 rings (SSSR count). The Labute approximate surface area is 228 Å². The van der Waals surface area contributed by atoms with E-state index in [0.29, 0.717) is 18.0 Å². The molecule has 39 heavy (non-hydrogen) atoms. The molecule has 2 atom stereocenters. The Morgan fingerprint density at radius 3 is 2.64 bits per heavy atom. The molecule has 1 saturated heterocycles. The molecule has 2 aliphatic rings. The van der Waals surface area contributed by atoms with Gasteiger partial charge in [-0.05, 0) is 50.2 Å². The monoisotopic (exact) mass is 523 g/mol. The molecule has 0 saturated carbocycles. The summed E-state index contributed by atoms with van der Waals surface area (Å²) in [6.07, 6.45) is 2.22. The van der Waals surface area contributed by atoms with Crippen LogP contribution >= 0.6 is 0 Å². The molecule has 8 nitrogen and oxygen atoms in total. The number of aromatic nitrogens is 3. The van der Waals surface area contributed by atoms with E-state index in [2.05, 4.69) is 42.9 Å². The maximum Gasteiger partial charge on any atom is 0.230 e. The van der Waals surface area contributed by atoms with Crippen LogP contribution in [0.2, 0.25) is 0 Å². The summed E-state index contributed by atoms with van der Waals surface area (Å²) < 4.78 is 11.7. The molecule has 0 aliphatic carbocycles. The number of hydrogen-bond donors (Lipinski definition) is 1. The third-order valence-corrected chi connectivity index (χ3v) is 7.30. The Morgan fingerprint density at radius 1 is 1.03 bits per heavy atom. The molecular weight excluding hydrogens is 490 g/mol.